The third kappa shape index (κ3) is 1.77. The first-order valence-electron chi connectivity index (χ1n) is 4.14. The van der Waals surface area contributed by atoms with Crippen molar-refractivity contribution < 1.29 is 0 Å². The fraction of sp³-hybridized carbons (Fsp3) is 0.222. The van der Waals surface area contributed by atoms with Gasteiger partial charge in [0, 0.05) is 30.5 Å². The minimum absolute atomic E-state index is 0.718. The summed E-state index contributed by atoms with van der Waals surface area (Å²) in [4.78, 5) is 9.56. The van der Waals surface area contributed by atoms with E-state index in [1.165, 1.54) is 0 Å². The lowest BCUT2D eigenvalue weighted by atomic mass is 10.3. The Bertz CT molecular complexity index is 421. The van der Waals surface area contributed by atoms with Crippen LogP contribution in [0.4, 0.5) is 0 Å². The molecule has 2 aromatic rings. The van der Waals surface area contributed by atoms with Crippen LogP contribution in [0.2, 0.25) is 0 Å². The van der Waals surface area contributed by atoms with Crippen LogP contribution in [0, 0.1) is 0 Å². The summed E-state index contributed by atoms with van der Waals surface area (Å²) in [6, 6.07) is 0. The maximum Gasteiger partial charge on any atom is 0.162 e. The molecule has 2 aromatic heterocycles. The smallest absolute Gasteiger partial charge is 0.162 e. The SMILES string of the molecule is CSc1cnc(-c2cnn(C)c2)nc1. The molecule has 0 radical (unpaired) electrons. The number of aryl methyl sites for hydroxylation is 1. The second-order valence-electron chi connectivity index (χ2n) is 2.85. The van der Waals surface area contributed by atoms with Crippen LogP contribution in [-0.4, -0.2) is 26.0 Å². The number of rotatable bonds is 2. The molecule has 5 heteroatoms. The quantitative estimate of drug-likeness (QED) is 0.700. The van der Waals surface area contributed by atoms with Crippen LogP contribution in [0.3, 0.4) is 0 Å². The molecule has 0 aliphatic rings. The maximum atomic E-state index is 4.25. The minimum Gasteiger partial charge on any atom is -0.275 e. The van der Waals surface area contributed by atoms with Crippen LogP contribution in [0.5, 0.6) is 0 Å². The molecule has 0 spiro atoms. The van der Waals surface area contributed by atoms with Crippen molar-refractivity contribution in [1.82, 2.24) is 19.7 Å². The highest BCUT2D eigenvalue weighted by molar-refractivity contribution is 7.98. The van der Waals surface area contributed by atoms with Crippen LogP contribution in [0.15, 0.2) is 29.7 Å². The summed E-state index contributed by atoms with van der Waals surface area (Å²) >= 11 is 1.63. The summed E-state index contributed by atoms with van der Waals surface area (Å²) in [6.07, 6.45) is 9.30. The first-order chi connectivity index (χ1) is 6.79. The average molecular weight is 206 g/mol. The monoisotopic (exact) mass is 206 g/mol. The molecule has 0 saturated carbocycles. The molecule has 2 heterocycles. The first kappa shape index (κ1) is 9.21. The fourth-order valence-corrected chi connectivity index (χ4v) is 1.42. The highest BCUT2D eigenvalue weighted by Crippen LogP contribution is 2.16. The van der Waals surface area contributed by atoms with Crippen LogP contribution in [0.25, 0.3) is 11.4 Å². The molecule has 0 aliphatic heterocycles. The summed E-state index contributed by atoms with van der Waals surface area (Å²) < 4.78 is 1.74. The summed E-state index contributed by atoms with van der Waals surface area (Å²) in [5, 5.41) is 4.07. The molecule has 2 rings (SSSR count). The Morgan fingerprint density at radius 1 is 1.21 bits per heavy atom. The zero-order valence-electron chi connectivity index (χ0n) is 8.01. The zero-order chi connectivity index (χ0) is 9.97. The van der Waals surface area contributed by atoms with Crippen molar-refractivity contribution in [2.75, 3.05) is 6.26 Å². The summed E-state index contributed by atoms with van der Waals surface area (Å²) in [5.74, 6) is 0.718. The summed E-state index contributed by atoms with van der Waals surface area (Å²) in [5.41, 5.74) is 0.945. The Hall–Kier alpha value is -1.36. The Balaban J connectivity index is 2.33. The van der Waals surface area contributed by atoms with Gasteiger partial charge in [0.15, 0.2) is 5.82 Å². The van der Waals surface area contributed by atoms with Gasteiger partial charge in [0.05, 0.1) is 11.8 Å². The van der Waals surface area contributed by atoms with Crippen molar-refractivity contribution >= 4 is 11.8 Å². The zero-order valence-corrected chi connectivity index (χ0v) is 8.82. The second-order valence-corrected chi connectivity index (χ2v) is 3.73. The van der Waals surface area contributed by atoms with Gasteiger partial charge in [-0.25, -0.2) is 9.97 Å². The van der Waals surface area contributed by atoms with E-state index < -0.39 is 0 Å². The number of hydrogen-bond acceptors (Lipinski definition) is 4. The number of aromatic nitrogens is 4. The number of nitrogens with zero attached hydrogens (tertiary/aromatic N) is 4. The Kier molecular flexibility index (Phi) is 2.49. The van der Waals surface area contributed by atoms with Gasteiger partial charge in [-0.05, 0) is 6.26 Å². The van der Waals surface area contributed by atoms with Crippen molar-refractivity contribution in [2.45, 2.75) is 4.90 Å². The van der Waals surface area contributed by atoms with Crippen molar-refractivity contribution in [3.8, 4) is 11.4 Å². The van der Waals surface area contributed by atoms with Crippen molar-refractivity contribution in [3.63, 3.8) is 0 Å². The molecule has 0 unspecified atom stereocenters. The van der Waals surface area contributed by atoms with Gasteiger partial charge in [-0.15, -0.1) is 11.8 Å². The molecule has 0 N–H and O–H groups in total. The van der Waals surface area contributed by atoms with Gasteiger partial charge in [0.25, 0.3) is 0 Å². The van der Waals surface area contributed by atoms with Crippen LogP contribution < -0.4 is 0 Å². The van der Waals surface area contributed by atoms with Gasteiger partial charge in [-0.2, -0.15) is 5.10 Å². The van der Waals surface area contributed by atoms with Crippen LogP contribution in [0.1, 0.15) is 0 Å². The van der Waals surface area contributed by atoms with Gasteiger partial charge in [-0.1, -0.05) is 0 Å². The van der Waals surface area contributed by atoms with E-state index in [2.05, 4.69) is 15.1 Å². The topological polar surface area (TPSA) is 43.6 Å². The summed E-state index contributed by atoms with van der Waals surface area (Å²) in [6.45, 7) is 0. The lowest BCUT2D eigenvalue weighted by molar-refractivity contribution is 0.768. The third-order valence-corrected chi connectivity index (χ3v) is 2.51. The number of thioether (sulfide) groups is 1. The van der Waals surface area contributed by atoms with E-state index in [4.69, 9.17) is 0 Å². The van der Waals surface area contributed by atoms with E-state index in [9.17, 15) is 0 Å². The van der Waals surface area contributed by atoms with E-state index in [0.29, 0.717) is 0 Å². The Morgan fingerprint density at radius 3 is 2.43 bits per heavy atom. The average Bonchev–Trinajstić information content (AvgIpc) is 2.65. The normalized spacial score (nSPS) is 10.4. The molecule has 0 amide bonds. The largest absolute Gasteiger partial charge is 0.275 e. The second kappa shape index (κ2) is 3.79. The molecule has 0 bridgehead atoms. The molecule has 0 aromatic carbocycles. The molecule has 4 nitrogen and oxygen atoms in total. The van der Waals surface area contributed by atoms with Crippen LogP contribution >= 0.6 is 11.8 Å². The van der Waals surface area contributed by atoms with Gasteiger partial charge < -0.3 is 0 Å². The molecule has 0 saturated heterocycles. The van der Waals surface area contributed by atoms with Gasteiger partial charge in [-0.3, -0.25) is 4.68 Å². The van der Waals surface area contributed by atoms with Crippen molar-refractivity contribution in [3.05, 3.63) is 24.8 Å². The first-order valence-corrected chi connectivity index (χ1v) is 5.37. The van der Waals surface area contributed by atoms with Crippen LogP contribution in [-0.2, 0) is 7.05 Å². The Morgan fingerprint density at radius 2 is 1.93 bits per heavy atom. The van der Waals surface area contributed by atoms with Gasteiger partial charge in [0.2, 0.25) is 0 Å². The van der Waals surface area contributed by atoms with E-state index in [1.54, 1.807) is 22.6 Å². The summed E-state index contributed by atoms with van der Waals surface area (Å²) in [7, 11) is 1.87. The van der Waals surface area contributed by atoms with Gasteiger partial charge in [0.1, 0.15) is 0 Å². The van der Waals surface area contributed by atoms with E-state index in [1.807, 2.05) is 31.9 Å². The van der Waals surface area contributed by atoms with Gasteiger partial charge >= 0.3 is 0 Å². The highest BCUT2D eigenvalue weighted by atomic mass is 32.2. The molecular formula is C9H10N4S. The third-order valence-electron chi connectivity index (χ3n) is 1.83. The molecule has 14 heavy (non-hydrogen) atoms. The lowest BCUT2D eigenvalue weighted by Gasteiger charge is -1.96. The van der Waals surface area contributed by atoms with E-state index >= 15 is 0 Å². The molecule has 72 valence electrons. The van der Waals surface area contributed by atoms with Crippen molar-refractivity contribution in [2.24, 2.45) is 7.05 Å². The Labute approximate surface area is 86.4 Å². The van der Waals surface area contributed by atoms with E-state index in [0.717, 1.165) is 16.3 Å². The molecule has 0 fully saturated rings. The molecule has 0 atom stereocenters. The number of hydrogen-bond donors (Lipinski definition) is 0. The standard InChI is InChI=1S/C9H10N4S/c1-13-6-7(3-12-13)9-10-4-8(14-2)5-11-9/h3-6H,1-2H3. The van der Waals surface area contributed by atoms with Crippen molar-refractivity contribution in [1.29, 1.82) is 0 Å². The van der Waals surface area contributed by atoms with E-state index in [-0.39, 0.29) is 0 Å². The fourth-order valence-electron chi connectivity index (χ4n) is 1.11. The predicted molar refractivity (Wildman–Crippen MR) is 56.0 cm³/mol. The maximum absolute atomic E-state index is 4.25. The lowest BCUT2D eigenvalue weighted by Crippen LogP contribution is -1.87. The highest BCUT2D eigenvalue weighted by Gasteiger charge is 2.02. The predicted octanol–water partition coefficient (Wildman–Crippen LogP) is 1.60. The minimum atomic E-state index is 0.718. The molecular weight excluding hydrogens is 196 g/mol. The molecule has 0 aliphatic carbocycles.